The van der Waals surface area contributed by atoms with Crippen LogP contribution in [0.4, 0.5) is 4.39 Å². The Kier molecular flexibility index (Phi) is 6.10. The topological polar surface area (TPSA) is 88.7 Å². The third-order valence-corrected chi connectivity index (χ3v) is 3.68. The number of aliphatic carboxylic acids is 1. The van der Waals surface area contributed by atoms with E-state index in [0.717, 1.165) is 6.42 Å². The van der Waals surface area contributed by atoms with Crippen LogP contribution in [-0.2, 0) is 17.9 Å². The van der Waals surface area contributed by atoms with Crippen LogP contribution in [0.15, 0.2) is 28.8 Å². The van der Waals surface area contributed by atoms with Crippen molar-refractivity contribution in [2.75, 3.05) is 6.54 Å². The van der Waals surface area contributed by atoms with E-state index in [1.807, 2.05) is 0 Å². The van der Waals surface area contributed by atoms with Crippen molar-refractivity contribution in [1.82, 2.24) is 15.0 Å². The molecule has 0 spiro atoms. The van der Waals surface area contributed by atoms with Gasteiger partial charge in [-0.2, -0.15) is 4.98 Å². The number of nitrogens with zero attached hydrogens (tertiary/aromatic N) is 3. The Hall–Kier alpha value is -2.19. The number of benzene rings is 1. The van der Waals surface area contributed by atoms with Crippen LogP contribution in [0.5, 0.6) is 5.75 Å². The van der Waals surface area contributed by atoms with Crippen molar-refractivity contribution in [3.8, 4) is 5.75 Å². The van der Waals surface area contributed by atoms with Crippen LogP contribution in [0.25, 0.3) is 0 Å². The first-order valence-corrected chi connectivity index (χ1v) is 7.28. The molecule has 1 atom stereocenters. The van der Waals surface area contributed by atoms with Crippen LogP contribution in [-0.4, -0.2) is 38.7 Å². The summed E-state index contributed by atoms with van der Waals surface area (Å²) < 4.78 is 23.4. The number of likely N-dealkylation sites (tertiary alicyclic amines) is 1. The van der Waals surface area contributed by atoms with Gasteiger partial charge >= 0.3 is 5.97 Å². The van der Waals surface area contributed by atoms with E-state index in [-0.39, 0.29) is 24.8 Å². The Morgan fingerprint density at radius 1 is 1.42 bits per heavy atom. The van der Waals surface area contributed by atoms with Gasteiger partial charge in [-0.05, 0) is 43.7 Å². The highest BCUT2D eigenvalue weighted by molar-refractivity contribution is 5.85. The van der Waals surface area contributed by atoms with Gasteiger partial charge in [0.25, 0.3) is 0 Å². The molecule has 0 radical (unpaired) electrons. The first-order valence-electron chi connectivity index (χ1n) is 7.28. The zero-order valence-electron chi connectivity index (χ0n) is 12.7. The highest BCUT2D eigenvalue weighted by Crippen LogP contribution is 2.20. The lowest BCUT2D eigenvalue weighted by molar-refractivity contribution is -0.142. The van der Waals surface area contributed by atoms with Gasteiger partial charge in [0.1, 0.15) is 17.6 Å². The molecule has 1 aromatic carbocycles. The Balaban J connectivity index is 0.00000208. The van der Waals surface area contributed by atoms with Gasteiger partial charge in [0.05, 0.1) is 6.54 Å². The molecule has 1 fully saturated rings. The van der Waals surface area contributed by atoms with Crippen LogP contribution < -0.4 is 4.74 Å². The third kappa shape index (κ3) is 4.42. The first kappa shape index (κ1) is 18.2. The Bertz CT molecular complexity index is 680. The molecule has 2 aromatic rings. The van der Waals surface area contributed by atoms with Gasteiger partial charge in [-0.25, -0.2) is 4.39 Å². The molecule has 130 valence electrons. The van der Waals surface area contributed by atoms with Crippen molar-refractivity contribution >= 4 is 18.4 Å². The minimum Gasteiger partial charge on any atom is -0.485 e. The summed E-state index contributed by atoms with van der Waals surface area (Å²) in [5.41, 5.74) is 0. The number of halogens is 2. The average molecular weight is 358 g/mol. The smallest absolute Gasteiger partial charge is 0.320 e. The molecule has 0 saturated carbocycles. The van der Waals surface area contributed by atoms with Gasteiger partial charge in [-0.1, -0.05) is 5.16 Å². The van der Waals surface area contributed by atoms with E-state index in [0.29, 0.717) is 37.0 Å². The van der Waals surface area contributed by atoms with Gasteiger partial charge in [-0.15, -0.1) is 12.4 Å². The standard InChI is InChI=1S/C15H16FN3O4.ClH/c16-10-3-5-11(6-4-10)22-9-13-17-14(23-18-13)8-19-7-1-2-12(19)15(20)21;/h3-6,12H,1-2,7-9H2,(H,20,21);1H/t12-;/m1./s1. The maximum atomic E-state index is 12.8. The molecular formula is C15H17ClFN3O4. The van der Waals surface area contributed by atoms with E-state index in [9.17, 15) is 9.18 Å². The van der Waals surface area contributed by atoms with E-state index in [1.54, 1.807) is 4.90 Å². The van der Waals surface area contributed by atoms with Crippen molar-refractivity contribution in [3.05, 3.63) is 41.8 Å². The molecule has 24 heavy (non-hydrogen) atoms. The van der Waals surface area contributed by atoms with E-state index in [1.165, 1.54) is 24.3 Å². The molecule has 0 unspecified atom stereocenters. The summed E-state index contributed by atoms with van der Waals surface area (Å²) in [7, 11) is 0. The minimum absolute atomic E-state index is 0. The molecule has 1 aromatic heterocycles. The fraction of sp³-hybridized carbons (Fsp3) is 0.400. The SMILES string of the molecule is Cl.O=C(O)[C@H]1CCCN1Cc1nc(COc2ccc(F)cc2)no1. The predicted molar refractivity (Wildman–Crippen MR) is 83.3 cm³/mol. The van der Waals surface area contributed by atoms with Crippen LogP contribution >= 0.6 is 12.4 Å². The normalized spacial score (nSPS) is 17.5. The van der Waals surface area contributed by atoms with Crippen molar-refractivity contribution in [2.45, 2.75) is 32.0 Å². The van der Waals surface area contributed by atoms with E-state index in [2.05, 4.69) is 10.1 Å². The lowest BCUT2D eigenvalue weighted by atomic mass is 10.2. The van der Waals surface area contributed by atoms with E-state index in [4.69, 9.17) is 14.4 Å². The molecule has 0 aliphatic carbocycles. The number of ether oxygens (including phenoxy) is 1. The molecule has 1 aliphatic rings. The van der Waals surface area contributed by atoms with Gasteiger partial charge < -0.3 is 14.4 Å². The van der Waals surface area contributed by atoms with Gasteiger partial charge in [0.2, 0.25) is 11.7 Å². The number of carboxylic acid groups (broad SMARTS) is 1. The molecule has 0 amide bonds. The summed E-state index contributed by atoms with van der Waals surface area (Å²) >= 11 is 0. The molecule has 1 aliphatic heterocycles. The van der Waals surface area contributed by atoms with Crippen molar-refractivity contribution < 1.29 is 23.6 Å². The second-order valence-corrected chi connectivity index (χ2v) is 5.31. The largest absolute Gasteiger partial charge is 0.485 e. The average Bonchev–Trinajstić information content (AvgIpc) is 3.16. The third-order valence-electron chi connectivity index (χ3n) is 3.68. The van der Waals surface area contributed by atoms with Crippen LogP contribution in [0, 0.1) is 5.82 Å². The maximum Gasteiger partial charge on any atom is 0.320 e. The van der Waals surface area contributed by atoms with E-state index >= 15 is 0 Å². The fourth-order valence-corrected chi connectivity index (χ4v) is 2.56. The summed E-state index contributed by atoms with van der Waals surface area (Å²) in [6.07, 6.45) is 1.47. The molecule has 0 bridgehead atoms. The zero-order chi connectivity index (χ0) is 16.2. The van der Waals surface area contributed by atoms with Crippen molar-refractivity contribution in [2.24, 2.45) is 0 Å². The van der Waals surface area contributed by atoms with Crippen LogP contribution in [0.2, 0.25) is 0 Å². The minimum atomic E-state index is -0.832. The highest BCUT2D eigenvalue weighted by Gasteiger charge is 2.31. The van der Waals surface area contributed by atoms with Crippen LogP contribution in [0.3, 0.4) is 0 Å². The number of hydrogen-bond acceptors (Lipinski definition) is 6. The number of hydrogen-bond donors (Lipinski definition) is 1. The molecule has 9 heteroatoms. The quantitative estimate of drug-likeness (QED) is 0.848. The number of carbonyl (C=O) groups is 1. The van der Waals surface area contributed by atoms with Gasteiger partial charge in [-0.3, -0.25) is 9.69 Å². The molecule has 7 nitrogen and oxygen atoms in total. The monoisotopic (exact) mass is 357 g/mol. The lowest BCUT2D eigenvalue weighted by Gasteiger charge is -2.18. The molecular weight excluding hydrogens is 341 g/mol. The Morgan fingerprint density at radius 3 is 2.88 bits per heavy atom. The van der Waals surface area contributed by atoms with Crippen molar-refractivity contribution in [3.63, 3.8) is 0 Å². The van der Waals surface area contributed by atoms with Gasteiger partial charge in [0.15, 0.2) is 6.61 Å². The summed E-state index contributed by atoms with van der Waals surface area (Å²) in [6.45, 7) is 1.10. The Labute approximate surface area is 143 Å². The second-order valence-electron chi connectivity index (χ2n) is 5.31. The van der Waals surface area contributed by atoms with Gasteiger partial charge in [0, 0.05) is 0 Å². The maximum absolute atomic E-state index is 12.8. The lowest BCUT2D eigenvalue weighted by Crippen LogP contribution is -2.35. The van der Waals surface area contributed by atoms with Crippen LogP contribution in [0.1, 0.15) is 24.6 Å². The van der Waals surface area contributed by atoms with E-state index < -0.39 is 12.0 Å². The summed E-state index contributed by atoms with van der Waals surface area (Å²) in [5.74, 6) is 0.0502. The second kappa shape index (κ2) is 8.07. The molecule has 1 N–H and O–H groups in total. The summed E-state index contributed by atoms with van der Waals surface area (Å²) in [5, 5.41) is 12.9. The fourth-order valence-electron chi connectivity index (χ4n) is 2.56. The summed E-state index contributed by atoms with van der Waals surface area (Å²) in [6, 6.07) is 5.13. The van der Waals surface area contributed by atoms with Crippen molar-refractivity contribution in [1.29, 1.82) is 0 Å². The number of rotatable bonds is 6. The highest BCUT2D eigenvalue weighted by atomic mass is 35.5. The molecule has 1 saturated heterocycles. The zero-order valence-corrected chi connectivity index (χ0v) is 13.5. The first-order chi connectivity index (χ1) is 11.1. The molecule has 3 rings (SSSR count). The predicted octanol–water partition coefficient (Wildman–Crippen LogP) is 2.26. The molecule has 2 heterocycles. The summed E-state index contributed by atoms with van der Waals surface area (Å²) in [4.78, 5) is 17.1. The number of aromatic nitrogens is 2. The number of carboxylic acids is 1. The Morgan fingerprint density at radius 2 is 2.17 bits per heavy atom.